The first-order chi connectivity index (χ1) is 8.77. The molecular formula is C14H23NO3. The summed E-state index contributed by atoms with van der Waals surface area (Å²) >= 11 is 0. The van der Waals surface area contributed by atoms with Crippen LogP contribution in [-0.4, -0.2) is 37.5 Å². The van der Waals surface area contributed by atoms with E-state index >= 15 is 0 Å². The van der Waals surface area contributed by atoms with Crippen molar-refractivity contribution < 1.29 is 14.6 Å². The minimum Gasteiger partial charge on any atom is -0.490 e. The Balaban J connectivity index is 2.45. The van der Waals surface area contributed by atoms with Crippen LogP contribution >= 0.6 is 0 Å². The molecule has 1 aromatic carbocycles. The molecule has 1 aromatic rings. The molecule has 0 aliphatic rings. The molecule has 0 aliphatic heterocycles. The van der Waals surface area contributed by atoms with Crippen LogP contribution in [0.2, 0.25) is 0 Å². The molecule has 2 N–H and O–H groups in total. The second-order valence-electron chi connectivity index (χ2n) is 4.07. The molecule has 0 radical (unpaired) electrons. The average Bonchev–Trinajstić information content (AvgIpc) is 2.41. The Morgan fingerprint density at radius 1 is 1.17 bits per heavy atom. The first kappa shape index (κ1) is 14.8. The van der Waals surface area contributed by atoms with E-state index in [1.807, 2.05) is 31.2 Å². The Hall–Kier alpha value is -1.26. The summed E-state index contributed by atoms with van der Waals surface area (Å²) in [5, 5.41) is 12.8. The van der Waals surface area contributed by atoms with Crippen LogP contribution in [0.3, 0.4) is 0 Å². The van der Waals surface area contributed by atoms with Gasteiger partial charge in [-0.25, -0.2) is 0 Å². The molecular weight excluding hydrogens is 230 g/mol. The summed E-state index contributed by atoms with van der Waals surface area (Å²) in [5.41, 5.74) is 0. The zero-order valence-corrected chi connectivity index (χ0v) is 11.2. The molecule has 18 heavy (non-hydrogen) atoms. The first-order valence-electron chi connectivity index (χ1n) is 6.51. The smallest absolute Gasteiger partial charge is 0.161 e. The van der Waals surface area contributed by atoms with Crippen molar-refractivity contribution in [2.75, 3.05) is 26.3 Å². The number of para-hydroxylation sites is 2. The maximum Gasteiger partial charge on any atom is 0.161 e. The summed E-state index contributed by atoms with van der Waals surface area (Å²) in [6.45, 7) is 6.37. The highest BCUT2D eigenvalue weighted by Crippen LogP contribution is 2.26. The first-order valence-corrected chi connectivity index (χ1v) is 6.51. The van der Waals surface area contributed by atoms with Crippen molar-refractivity contribution in [3.8, 4) is 11.5 Å². The van der Waals surface area contributed by atoms with E-state index in [9.17, 15) is 5.11 Å². The maximum atomic E-state index is 9.68. The molecule has 4 nitrogen and oxygen atoms in total. The Morgan fingerprint density at radius 3 is 2.44 bits per heavy atom. The van der Waals surface area contributed by atoms with Crippen LogP contribution in [0.4, 0.5) is 0 Å². The van der Waals surface area contributed by atoms with Crippen LogP contribution in [0.15, 0.2) is 24.3 Å². The quantitative estimate of drug-likeness (QED) is 0.705. The van der Waals surface area contributed by atoms with Gasteiger partial charge in [-0.3, -0.25) is 0 Å². The van der Waals surface area contributed by atoms with E-state index < -0.39 is 6.10 Å². The molecule has 4 heteroatoms. The van der Waals surface area contributed by atoms with Crippen LogP contribution in [0.1, 0.15) is 20.3 Å². The van der Waals surface area contributed by atoms with E-state index in [-0.39, 0.29) is 6.61 Å². The number of likely N-dealkylation sites (N-methyl/N-ethyl adjacent to an activating group) is 1. The van der Waals surface area contributed by atoms with Gasteiger partial charge in [-0.1, -0.05) is 26.0 Å². The van der Waals surface area contributed by atoms with Crippen LogP contribution < -0.4 is 14.8 Å². The summed E-state index contributed by atoms with van der Waals surface area (Å²) in [5.74, 6) is 1.41. The summed E-state index contributed by atoms with van der Waals surface area (Å²) in [6.07, 6.45) is 0.446. The van der Waals surface area contributed by atoms with Crippen molar-refractivity contribution in [1.82, 2.24) is 5.32 Å². The number of hydrogen-bond acceptors (Lipinski definition) is 4. The number of rotatable bonds is 9. The number of benzene rings is 1. The van der Waals surface area contributed by atoms with Gasteiger partial charge in [-0.15, -0.1) is 0 Å². The minimum absolute atomic E-state index is 0.263. The molecule has 0 saturated heterocycles. The largest absolute Gasteiger partial charge is 0.490 e. The minimum atomic E-state index is -0.510. The zero-order chi connectivity index (χ0) is 13.2. The van der Waals surface area contributed by atoms with Crippen molar-refractivity contribution in [2.45, 2.75) is 26.4 Å². The van der Waals surface area contributed by atoms with E-state index in [0.29, 0.717) is 18.9 Å². The van der Waals surface area contributed by atoms with Gasteiger partial charge in [0.2, 0.25) is 0 Å². The standard InChI is InChI=1S/C14H23NO3/c1-3-9-17-13-7-5-6-8-14(13)18-11-12(16)10-15-4-2/h5-8,12,15-16H,3-4,9-11H2,1-2H3. The van der Waals surface area contributed by atoms with E-state index in [4.69, 9.17) is 9.47 Å². The van der Waals surface area contributed by atoms with E-state index in [1.165, 1.54) is 0 Å². The van der Waals surface area contributed by atoms with Gasteiger partial charge < -0.3 is 19.9 Å². The lowest BCUT2D eigenvalue weighted by atomic mass is 10.3. The highest BCUT2D eigenvalue weighted by molar-refractivity contribution is 5.39. The maximum absolute atomic E-state index is 9.68. The second-order valence-corrected chi connectivity index (χ2v) is 4.07. The number of nitrogens with one attached hydrogen (secondary N) is 1. The Labute approximate surface area is 109 Å². The fraction of sp³-hybridized carbons (Fsp3) is 0.571. The van der Waals surface area contributed by atoms with Gasteiger partial charge in [0.25, 0.3) is 0 Å². The normalized spacial score (nSPS) is 12.2. The van der Waals surface area contributed by atoms with Gasteiger partial charge in [0.05, 0.1) is 6.61 Å². The summed E-state index contributed by atoms with van der Waals surface area (Å²) in [7, 11) is 0. The Kier molecular flexibility index (Phi) is 7.22. The van der Waals surface area contributed by atoms with Crippen LogP contribution in [0.5, 0.6) is 11.5 Å². The summed E-state index contributed by atoms with van der Waals surface area (Å²) < 4.78 is 11.2. The number of ether oxygens (including phenoxy) is 2. The number of hydrogen-bond donors (Lipinski definition) is 2. The zero-order valence-electron chi connectivity index (χ0n) is 11.2. The van der Waals surface area contributed by atoms with Gasteiger partial charge in [0, 0.05) is 6.54 Å². The third-order valence-electron chi connectivity index (χ3n) is 2.37. The molecule has 0 aromatic heterocycles. The SMILES string of the molecule is CCCOc1ccccc1OCC(O)CNCC. The topological polar surface area (TPSA) is 50.7 Å². The van der Waals surface area contributed by atoms with Crippen LogP contribution in [0, 0.1) is 0 Å². The van der Waals surface area contributed by atoms with Crippen LogP contribution in [0.25, 0.3) is 0 Å². The van der Waals surface area contributed by atoms with E-state index in [0.717, 1.165) is 18.7 Å². The molecule has 0 bridgehead atoms. The molecule has 0 aliphatic carbocycles. The van der Waals surface area contributed by atoms with Crippen LogP contribution in [-0.2, 0) is 0 Å². The third kappa shape index (κ3) is 5.38. The molecule has 0 fully saturated rings. The highest BCUT2D eigenvalue weighted by atomic mass is 16.5. The van der Waals surface area contributed by atoms with E-state index in [2.05, 4.69) is 12.2 Å². The molecule has 0 saturated carbocycles. The molecule has 102 valence electrons. The fourth-order valence-electron chi connectivity index (χ4n) is 1.46. The van der Waals surface area contributed by atoms with Crippen molar-refractivity contribution in [3.63, 3.8) is 0 Å². The van der Waals surface area contributed by atoms with Gasteiger partial charge in [0.15, 0.2) is 11.5 Å². The third-order valence-corrected chi connectivity index (χ3v) is 2.37. The van der Waals surface area contributed by atoms with Crippen molar-refractivity contribution in [3.05, 3.63) is 24.3 Å². The lowest BCUT2D eigenvalue weighted by molar-refractivity contribution is 0.104. The predicted octanol–water partition coefficient (Wildman–Crippen LogP) is 1.82. The van der Waals surface area contributed by atoms with Crippen molar-refractivity contribution >= 4 is 0 Å². The monoisotopic (exact) mass is 253 g/mol. The Bertz CT molecular complexity index is 331. The van der Waals surface area contributed by atoms with Gasteiger partial charge >= 0.3 is 0 Å². The Morgan fingerprint density at radius 2 is 1.83 bits per heavy atom. The predicted molar refractivity (Wildman–Crippen MR) is 72.3 cm³/mol. The lowest BCUT2D eigenvalue weighted by Gasteiger charge is -2.15. The molecule has 0 amide bonds. The van der Waals surface area contributed by atoms with Crippen molar-refractivity contribution in [2.24, 2.45) is 0 Å². The molecule has 1 rings (SSSR count). The average molecular weight is 253 g/mol. The molecule has 1 atom stereocenters. The molecule has 0 heterocycles. The second kappa shape index (κ2) is 8.78. The lowest BCUT2D eigenvalue weighted by Crippen LogP contribution is -2.31. The molecule has 1 unspecified atom stereocenters. The summed E-state index contributed by atoms with van der Waals surface area (Å²) in [6, 6.07) is 7.53. The highest BCUT2D eigenvalue weighted by Gasteiger charge is 2.07. The molecule has 0 spiro atoms. The van der Waals surface area contributed by atoms with Gasteiger partial charge in [-0.05, 0) is 25.1 Å². The number of aliphatic hydroxyl groups excluding tert-OH is 1. The van der Waals surface area contributed by atoms with Gasteiger partial charge in [-0.2, -0.15) is 0 Å². The van der Waals surface area contributed by atoms with Crippen molar-refractivity contribution in [1.29, 1.82) is 0 Å². The summed E-state index contributed by atoms with van der Waals surface area (Å²) in [4.78, 5) is 0. The van der Waals surface area contributed by atoms with Gasteiger partial charge in [0.1, 0.15) is 12.7 Å². The number of aliphatic hydroxyl groups is 1. The fourth-order valence-corrected chi connectivity index (χ4v) is 1.46. The van der Waals surface area contributed by atoms with E-state index in [1.54, 1.807) is 0 Å².